The van der Waals surface area contributed by atoms with E-state index in [0.717, 1.165) is 30.4 Å². The molecule has 1 aliphatic heterocycles. The van der Waals surface area contributed by atoms with E-state index in [0.29, 0.717) is 12.0 Å². The summed E-state index contributed by atoms with van der Waals surface area (Å²) in [6.07, 6.45) is 2.72. The third-order valence-corrected chi connectivity index (χ3v) is 3.78. The van der Waals surface area contributed by atoms with E-state index in [-0.39, 0.29) is 0 Å². The average molecular weight is 247 g/mol. The molecule has 0 saturated carbocycles. The predicted molar refractivity (Wildman–Crippen MR) is 63.9 cm³/mol. The molecule has 84 valence electrons. The second-order valence-corrected chi connectivity index (χ2v) is 4.87. The lowest BCUT2D eigenvalue weighted by molar-refractivity contribution is 0.116. The van der Waals surface area contributed by atoms with Crippen LogP contribution in [0.2, 0.25) is 0 Å². The van der Waals surface area contributed by atoms with E-state index in [2.05, 4.69) is 16.9 Å². The van der Waals surface area contributed by atoms with Gasteiger partial charge < -0.3 is 9.64 Å². The molecule has 1 aromatic rings. The summed E-state index contributed by atoms with van der Waals surface area (Å²) in [4.78, 5) is 6.58. The van der Waals surface area contributed by atoms with Crippen LogP contribution in [-0.2, 0) is 10.6 Å². The first kappa shape index (κ1) is 11.2. The predicted octanol–water partition coefficient (Wildman–Crippen LogP) is 2.50. The van der Waals surface area contributed by atoms with Crippen LogP contribution >= 0.6 is 22.9 Å². The smallest absolute Gasteiger partial charge is 0.185 e. The fourth-order valence-corrected chi connectivity index (χ4v) is 2.74. The zero-order valence-electron chi connectivity index (χ0n) is 8.78. The van der Waals surface area contributed by atoms with Crippen LogP contribution in [0.15, 0.2) is 5.38 Å². The summed E-state index contributed by atoms with van der Waals surface area (Å²) < 4.78 is 5.59. The molecule has 0 aliphatic carbocycles. The largest absolute Gasteiger partial charge is 0.376 e. The molecule has 0 spiro atoms. The Morgan fingerprint density at radius 1 is 1.73 bits per heavy atom. The summed E-state index contributed by atoms with van der Waals surface area (Å²) in [5.74, 6) is 0.490. The van der Waals surface area contributed by atoms with Crippen LogP contribution in [0.25, 0.3) is 0 Å². The van der Waals surface area contributed by atoms with Gasteiger partial charge in [0.1, 0.15) is 0 Å². The number of anilines is 1. The van der Waals surface area contributed by atoms with Gasteiger partial charge in [-0.1, -0.05) is 0 Å². The molecule has 2 rings (SSSR count). The van der Waals surface area contributed by atoms with Crippen molar-refractivity contribution in [1.82, 2.24) is 4.98 Å². The lowest BCUT2D eigenvalue weighted by Gasteiger charge is -2.19. The third-order valence-electron chi connectivity index (χ3n) is 2.50. The molecular formula is C10H15ClN2OS. The van der Waals surface area contributed by atoms with Gasteiger partial charge in [0.05, 0.1) is 17.7 Å². The normalized spacial score (nSPS) is 20.8. The molecule has 5 heteroatoms. The van der Waals surface area contributed by atoms with Crippen molar-refractivity contribution in [2.75, 3.05) is 25.1 Å². The van der Waals surface area contributed by atoms with Gasteiger partial charge in [-0.3, -0.25) is 0 Å². The van der Waals surface area contributed by atoms with Crippen molar-refractivity contribution in [1.29, 1.82) is 0 Å². The van der Waals surface area contributed by atoms with Crippen molar-refractivity contribution in [2.45, 2.75) is 24.8 Å². The number of hydrogen-bond donors (Lipinski definition) is 0. The molecular weight excluding hydrogens is 232 g/mol. The maximum atomic E-state index is 5.72. The third kappa shape index (κ3) is 2.83. The van der Waals surface area contributed by atoms with Gasteiger partial charge in [0.25, 0.3) is 0 Å². The minimum atomic E-state index is 0.373. The van der Waals surface area contributed by atoms with E-state index in [9.17, 15) is 0 Å². The first-order chi connectivity index (χ1) is 7.29. The molecule has 1 unspecified atom stereocenters. The summed E-state index contributed by atoms with van der Waals surface area (Å²) in [6, 6.07) is 0. The van der Waals surface area contributed by atoms with Crippen molar-refractivity contribution < 1.29 is 4.74 Å². The molecule has 0 N–H and O–H groups in total. The summed E-state index contributed by atoms with van der Waals surface area (Å²) in [7, 11) is 2.05. The number of likely N-dealkylation sites (N-methyl/N-ethyl adjacent to an activating group) is 1. The summed E-state index contributed by atoms with van der Waals surface area (Å²) >= 11 is 7.36. The monoisotopic (exact) mass is 246 g/mol. The quantitative estimate of drug-likeness (QED) is 0.764. The molecule has 15 heavy (non-hydrogen) atoms. The van der Waals surface area contributed by atoms with E-state index in [4.69, 9.17) is 16.3 Å². The van der Waals surface area contributed by atoms with Crippen LogP contribution in [0.1, 0.15) is 18.5 Å². The highest BCUT2D eigenvalue weighted by Gasteiger charge is 2.18. The number of thiazole rings is 1. The Hall–Kier alpha value is -0.320. The van der Waals surface area contributed by atoms with E-state index < -0.39 is 0 Å². The number of alkyl halides is 1. The minimum absolute atomic E-state index is 0.373. The molecule has 1 atom stereocenters. The van der Waals surface area contributed by atoms with Crippen LogP contribution < -0.4 is 4.90 Å². The maximum Gasteiger partial charge on any atom is 0.185 e. The number of nitrogens with zero attached hydrogens (tertiary/aromatic N) is 2. The average Bonchev–Trinajstić information content (AvgIpc) is 2.86. The van der Waals surface area contributed by atoms with Crippen LogP contribution in [0.5, 0.6) is 0 Å². The molecule has 1 saturated heterocycles. The molecule has 3 nitrogen and oxygen atoms in total. The second-order valence-electron chi connectivity index (χ2n) is 3.77. The van der Waals surface area contributed by atoms with Crippen LogP contribution in [-0.4, -0.2) is 31.3 Å². The second kappa shape index (κ2) is 5.14. The molecule has 1 aliphatic rings. The van der Waals surface area contributed by atoms with Gasteiger partial charge >= 0.3 is 0 Å². The lowest BCUT2D eigenvalue weighted by Crippen LogP contribution is -2.28. The van der Waals surface area contributed by atoms with Crippen molar-refractivity contribution in [2.24, 2.45) is 0 Å². The molecule has 0 radical (unpaired) electrons. The Bertz CT molecular complexity index is 312. The topological polar surface area (TPSA) is 25.4 Å². The first-order valence-electron chi connectivity index (χ1n) is 5.12. The van der Waals surface area contributed by atoms with Crippen LogP contribution in [0.3, 0.4) is 0 Å². The maximum absolute atomic E-state index is 5.72. The van der Waals surface area contributed by atoms with E-state index in [1.54, 1.807) is 11.3 Å². The standard InChI is InChI=1S/C10H15ClN2OS/c1-13(6-9-3-2-4-14-9)10-12-8(5-11)7-15-10/h7,9H,2-6H2,1H3. The molecule has 2 heterocycles. The van der Waals surface area contributed by atoms with Gasteiger partial charge in [-0.05, 0) is 12.8 Å². The summed E-state index contributed by atoms with van der Waals surface area (Å²) in [6.45, 7) is 1.83. The zero-order chi connectivity index (χ0) is 10.7. The van der Waals surface area contributed by atoms with Gasteiger partial charge in [-0.2, -0.15) is 0 Å². The lowest BCUT2D eigenvalue weighted by atomic mass is 10.2. The Labute approximate surface area is 99.0 Å². The summed E-state index contributed by atoms with van der Waals surface area (Å²) in [5.41, 5.74) is 0.954. The van der Waals surface area contributed by atoms with Crippen molar-refractivity contribution in [3.63, 3.8) is 0 Å². The van der Waals surface area contributed by atoms with Crippen LogP contribution in [0, 0.1) is 0 Å². The highest BCUT2D eigenvalue weighted by atomic mass is 35.5. The Morgan fingerprint density at radius 3 is 3.20 bits per heavy atom. The van der Waals surface area contributed by atoms with E-state index >= 15 is 0 Å². The molecule has 0 amide bonds. The Morgan fingerprint density at radius 2 is 2.60 bits per heavy atom. The number of ether oxygens (including phenoxy) is 1. The number of aromatic nitrogens is 1. The van der Waals surface area contributed by atoms with Crippen molar-refractivity contribution in [3.05, 3.63) is 11.1 Å². The molecule has 0 bridgehead atoms. The molecule has 1 aromatic heterocycles. The van der Waals surface area contributed by atoms with Crippen LogP contribution in [0.4, 0.5) is 5.13 Å². The van der Waals surface area contributed by atoms with E-state index in [1.807, 2.05) is 5.38 Å². The number of rotatable bonds is 4. The van der Waals surface area contributed by atoms with Gasteiger partial charge in [-0.25, -0.2) is 4.98 Å². The minimum Gasteiger partial charge on any atom is -0.376 e. The fraction of sp³-hybridized carbons (Fsp3) is 0.700. The highest BCUT2D eigenvalue weighted by Crippen LogP contribution is 2.22. The van der Waals surface area contributed by atoms with Crippen molar-refractivity contribution in [3.8, 4) is 0 Å². The molecule has 1 fully saturated rings. The van der Waals surface area contributed by atoms with Gasteiger partial charge in [0, 0.05) is 25.6 Å². The fourth-order valence-electron chi connectivity index (χ4n) is 1.70. The van der Waals surface area contributed by atoms with Gasteiger partial charge in [0.15, 0.2) is 5.13 Å². The van der Waals surface area contributed by atoms with Gasteiger partial charge in [0.2, 0.25) is 0 Å². The number of hydrogen-bond acceptors (Lipinski definition) is 4. The van der Waals surface area contributed by atoms with Gasteiger partial charge in [-0.15, -0.1) is 22.9 Å². The zero-order valence-corrected chi connectivity index (χ0v) is 10.4. The first-order valence-corrected chi connectivity index (χ1v) is 6.54. The molecule has 0 aromatic carbocycles. The Kier molecular flexibility index (Phi) is 3.83. The highest BCUT2D eigenvalue weighted by molar-refractivity contribution is 7.13. The van der Waals surface area contributed by atoms with Crippen molar-refractivity contribution >= 4 is 28.1 Å². The van der Waals surface area contributed by atoms with E-state index in [1.165, 1.54) is 6.42 Å². The Balaban J connectivity index is 1.91. The summed E-state index contributed by atoms with van der Waals surface area (Å²) in [5, 5.41) is 3.04. The number of halogens is 1. The SMILES string of the molecule is CN(CC1CCCO1)c1nc(CCl)cs1.